The van der Waals surface area contributed by atoms with Crippen LogP contribution in [0.3, 0.4) is 0 Å². The minimum atomic E-state index is -0.519. The summed E-state index contributed by atoms with van der Waals surface area (Å²) in [5.74, 6) is 1.89. The quantitative estimate of drug-likeness (QED) is 0.672. The number of likely N-dealkylation sites (tertiary alicyclic amines) is 1. The van der Waals surface area contributed by atoms with Gasteiger partial charge in [-0.15, -0.1) is 15.3 Å². The first-order valence-electron chi connectivity index (χ1n) is 9.60. The highest BCUT2D eigenvalue weighted by molar-refractivity contribution is 5.94. The van der Waals surface area contributed by atoms with Gasteiger partial charge in [-0.1, -0.05) is 0 Å². The molecule has 0 spiro atoms. The molecule has 2 aliphatic heterocycles. The minimum absolute atomic E-state index is 0.132. The van der Waals surface area contributed by atoms with Gasteiger partial charge in [-0.25, -0.2) is 4.39 Å². The van der Waals surface area contributed by atoms with Crippen LogP contribution in [0.15, 0.2) is 30.3 Å². The number of fused-ring (bicyclic) bond motifs is 2. The molecule has 4 heterocycles. The van der Waals surface area contributed by atoms with Crippen molar-refractivity contribution < 1.29 is 13.9 Å². The number of ether oxygens (including phenoxy) is 1. The molecular weight excluding hydrogens is 375 g/mol. The summed E-state index contributed by atoms with van der Waals surface area (Å²) >= 11 is 0. The zero-order chi connectivity index (χ0) is 20.1. The molecule has 5 rings (SSSR count). The molecule has 150 valence electrons. The van der Waals surface area contributed by atoms with Crippen LogP contribution in [0.25, 0.3) is 5.65 Å². The Kier molecular flexibility index (Phi) is 4.11. The smallest absolute Gasteiger partial charge is 0.253 e. The maximum Gasteiger partial charge on any atom is 0.253 e. The van der Waals surface area contributed by atoms with Crippen LogP contribution in [0.1, 0.15) is 16.2 Å². The number of aromatic nitrogens is 4. The molecule has 2 atom stereocenters. The largest absolute Gasteiger partial charge is 0.494 e. The summed E-state index contributed by atoms with van der Waals surface area (Å²) in [5.41, 5.74) is 1.09. The number of hydrogen-bond acceptors (Lipinski definition) is 6. The average Bonchev–Trinajstić information content (AvgIpc) is 3.40. The average molecular weight is 396 g/mol. The van der Waals surface area contributed by atoms with E-state index in [2.05, 4.69) is 20.2 Å². The molecular formula is C20H21FN6O2. The lowest BCUT2D eigenvalue weighted by atomic mass is 10.0. The van der Waals surface area contributed by atoms with Gasteiger partial charge in [-0.05, 0) is 37.3 Å². The number of halogens is 1. The van der Waals surface area contributed by atoms with E-state index < -0.39 is 5.82 Å². The van der Waals surface area contributed by atoms with Gasteiger partial charge in [0, 0.05) is 43.6 Å². The number of anilines is 1. The summed E-state index contributed by atoms with van der Waals surface area (Å²) in [6.07, 6.45) is 0. The Morgan fingerprint density at radius 1 is 1.10 bits per heavy atom. The summed E-state index contributed by atoms with van der Waals surface area (Å²) in [5, 5.41) is 12.8. The predicted molar refractivity (Wildman–Crippen MR) is 104 cm³/mol. The third kappa shape index (κ3) is 2.97. The van der Waals surface area contributed by atoms with Crippen molar-refractivity contribution in [3.63, 3.8) is 0 Å². The van der Waals surface area contributed by atoms with Gasteiger partial charge >= 0.3 is 0 Å². The molecule has 1 aromatic carbocycles. The Balaban J connectivity index is 1.28. The second kappa shape index (κ2) is 6.68. The van der Waals surface area contributed by atoms with Crippen LogP contribution in [0.2, 0.25) is 0 Å². The number of aryl methyl sites for hydroxylation is 1. The van der Waals surface area contributed by atoms with Crippen molar-refractivity contribution in [1.29, 1.82) is 0 Å². The van der Waals surface area contributed by atoms with Crippen molar-refractivity contribution in [1.82, 2.24) is 24.7 Å². The fourth-order valence-electron chi connectivity index (χ4n) is 4.38. The lowest BCUT2D eigenvalue weighted by molar-refractivity contribution is 0.0782. The highest BCUT2D eigenvalue weighted by atomic mass is 19.1. The molecule has 0 N–H and O–H groups in total. The van der Waals surface area contributed by atoms with E-state index in [4.69, 9.17) is 4.74 Å². The monoisotopic (exact) mass is 396 g/mol. The summed E-state index contributed by atoms with van der Waals surface area (Å²) in [6.45, 7) is 4.89. The Labute approximate surface area is 166 Å². The molecule has 8 nitrogen and oxygen atoms in total. The number of amides is 1. The molecule has 0 radical (unpaired) electrons. The zero-order valence-corrected chi connectivity index (χ0v) is 16.2. The summed E-state index contributed by atoms with van der Waals surface area (Å²) in [4.78, 5) is 16.9. The lowest BCUT2D eigenvalue weighted by Gasteiger charge is -2.22. The van der Waals surface area contributed by atoms with Gasteiger partial charge in [0.2, 0.25) is 0 Å². The lowest BCUT2D eigenvalue weighted by Crippen LogP contribution is -2.33. The molecule has 9 heteroatoms. The second-order valence-corrected chi connectivity index (χ2v) is 7.69. The fourth-order valence-corrected chi connectivity index (χ4v) is 4.38. The fraction of sp³-hybridized carbons (Fsp3) is 0.400. The molecule has 0 bridgehead atoms. The van der Waals surface area contributed by atoms with E-state index >= 15 is 0 Å². The number of hydrogen-bond donors (Lipinski definition) is 0. The molecule has 2 aromatic heterocycles. The molecule has 3 aromatic rings. The standard InChI is InChI=1S/C20H21FN6O2/c1-12-22-23-18-5-6-19(24-27(12)18)25-8-14-10-26(11-15(14)9-25)20(28)13-3-4-17(29-2)16(21)7-13/h3-7,14-15H,8-11H2,1-2H3. The maximum atomic E-state index is 14.0. The van der Waals surface area contributed by atoms with Gasteiger partial charge in [0.25, 0.3) is 5.91 Å². The van der Waals surface area contributed by atoms with Crippen LogP contribution in [0.4, 0.5) is 10.2 Å². The van der Waals surface area contributed by atoms with Crippen LogP contribution in [-0.4, -0.2) is 63.9 Å². The number of benzene rings is 1. The van der Waals surface area contributed by atoms with Gasteiger partial charge in [0.05, 0.1) is 7.11 Å². The highest BCUT2D eigenvalue weighted by Gasteiger charge is 2.42. The Morgan fingerprint density at radius 2 is 1.86 bits per heavy atom. The molecule has 1 amide bonds. The van der Waals surface area contributed by atoms with E-state index in [0.29, 0.717) is 30.5 Å². The number of carbonyl (C=O) groups is 1. The first kappa shape index (κ1) is 17.8. The normalized spacial score (nSPS) is 21.1. The number of methoxy groups -OCH3 is 1. The Bertz CT molecular complexity index is 1090. The van der Waals surface area contributed by atoms with E-state index in [-0.39, 0.29) is 11.7 Å². The first-order chi connectivity index (χ1) is 14.0. The molecule has 2 unspecified atom stereocenters. The van der Waals surface area contributed by atoms with Gasteiger partial charge in [-0.2, -0.15) is 4.52 Å². The van der Waals surface area contributed by atoms with Crippen molar-refractivity contribution >= 4 is 17.4 Å². The summed E-state index contributed by atoms with van der Waals surface area (Å²) < 4.78 is 20.6. The first-order valence-corrected chi connectivity index (χ1v) is 9.60. The van der Waals surface area contributed by atoms with Crippen molar-refractivity contribution in [3.05, 3.63) is 47.5 Å². The topological polar surface area (TPSA) is 75.9 Å². The van der Waals surface area contributed by atoms with Gasteiger partial charge < -0.3 is 14.5 Å². The maximum absolute atomic E-state index is 14.0. The van der Waals surface area contributed by atoms with Gasteiger partial charge in [0.15, 0.2) is 23.0 Å². The van der Waals surface area contributed by atoms with Crippen molar-refractivity contribution in [2.24, 2.45) is 11.8 Å². The second-order valence-electron chi connectivity index (χ2n) is 7.69. The van der Waals surface area contributed by atoms with Crippen LogP contribution in [-0.2, 0) is 0 Å². The van der Waals surface area contributed by atoms with Gasteiger partial charge in [0.1, 0.15) is 5.82 Å². The predicted octanol–water partition coefficient (Wildman–Crippen LogP) is 1.79. The van der Waals surface area contributed by atoms with E-state index in [9.17, 15) is 9.18 Å². The Hall–Kier alpha value is -3.23. The molecule has 0 saturated carbocycles. The van der Waals surface area contributed by atoms with Gasteiger partial charge in [-0.3, -0.25) is 4.79 Å². The van der Waals surface area contributed by atoms with Crippen molar-refractivity contribution in [3.8, 4) is 5.75 Å². The number of carbonyl (C=O) groups excluding carboxylic acids is 1. The minimum Gasteiger partial charge on any atom is -0.494 e. The van der Waals surface area contributed by atoms with E-state index in [1.54, 1.807) is 10.6 Å². The van der Waals surface area contributed by atoms with Crippen LogP contribution >= 0.6 is 0 Å². The van der Waals surface area contributed by atoms with Crippen LogP contribution in [0.5, 0.6) is 5.75 Å². The highest BCUT2D eigenvalue weighted by Crippen LogP contribution is 2.34. The third-order valence-corrected chi connectivity index (χ3v) is 5.90. The van der Waals surface area contributed by atoms with Crippen LogP contribution < -0.4 is 9.64 Å². The summed E-state index contributed by atoms with van der Waals surface area (Å²) in [7, 11) is 1.41. The van der Waals surface area contributed by atoms with Crippen LogP contribution in [0, 0.1) is 24.6 Å². The number of rotatable bonds is 3. The number of nitrogens with zero attached hydrogens (tertiary/aromatic N) is 6. The Morgan fingerprint density at radius 3 is 2.55 bits per heavy atom. The zero-order valence-electron chi connectivity index (χ0n) is 16.2. The molecule has 29 heavy (non-hydrogen) atoms. The molecule has 2 aliphatic rings. The SMILES string of the molecule is COc1ccc(C(=O)N2CC3CN(c4ccc5nnc(C)n5n4)CC3C2)cc1F. The summed E-state index contributed by atoms with van der Waals surface area (Å²) in [6, 6.07) is 8.25. The van der Waals surface area contributed by atoms with E-state index in [1.165, 1.54) is 19.2 Å². The third-order valence-electron chi connectivity index (χ3n) is 5.90. The molecule has 2 saturated heterocycles. The van der Waals surface area contributed by atoms with E-state index in [0.717, 1.165) is 30.4 Å². The van der Waals surface area contributed by atoms with Crippen molar-refractivity contribution in [2.45, 2.75) is 6.92 Å². The molecule has 0 aliphatic carbocycles. The molecule has 2 fully saturated rings. The van der Waals surface area contributed by atoms with E-state index in [1.807, 2.05) is 24.0 Å². The van der Waals surface area contributed by atoms with Crippen molar-refractivity contribution in [2.75, 3.05) is 38.2 Å².